The standard InChI is InChI=1S/C11H20N2O4/c1-7(2)8(9(14)15)13-10(16)11(12)3-5-17-6-4-11/h7-8H,3-6,12H2,1-2H3,(H,13,16)(H,14,15)/t8-/m1/s1. The normalized spacial score (nSPS) is 20.9. The molecule has 1 atom stereocenters. The molecule has 6 heteroatoms. The Morgan fingerprint density at radius 3 is 2.29 bits per heavy atom. The van der Waals surface area contributed by atoms with Crippen LogP contribution in [0.1, 0.15) is 26.7 Å². The van der Waals surface area contributed by atoms with E-state index in [4.69, 9.17) is 15.6 Å². The molecule has 1 aliphatic heterocycles. The Morgan fingerprint density at radius 1 is 1.35 bits per heavy atom. The number of nitrogens with one attached hydrogen (secondary N) is 1. The molecule has 1 heterocycles. The highest BCUT2D eigenvalue weighted by molar-refractivity contribution is 5.90. The van der Waals surface area contributed by atoms with E-state index in [2.05, 4.69) is 5.32 Å². The molecule has 4 N–H and O–H groups in total. The van der Waals surface area contributed by atoms with Crippen LogP contribution in [0.4, 0.5) is 0 Å². The highest BCUT2D eigenvalue weighted by Crippen LogP contribution is 2.18. The van der Waals surface area contributed by atoms with Gasteiger partial charge in [-0.1, -0.05) is 13.8 Å². The molecule has 1 amide bonds. The maximum Gasteiger partial charge on any atom is 0.326 e. The molecule has 1 fully saturated rings. The lowest BCUT2D eigenvalue weighted by Crippen LogP contribution is -2.60. The fourth-order valence-electron chi connectivity index (χ4n) is 1.76. The molecule has 0 radical (unpaired) electrons. The third-order valence-corrected chi connectivity index (χ3v) is 3.06. The van der Waals surface area contributed by atoms with Crippen LogP contribution in [0.2, 0.25) is 0 Å². The number of ether oxygens (including phenoxy) is 1. The average molecular weight is 244 g/mol. The number of rotatable bonds is 4. The van der Waals surface area contributed by atoms with Crippen molar-refractivity contribution in [1.29, 1.82) is 0 Å². The van der Waals surface area contributed by atoms with Gasteiger partial charge in [-0.15, -0.1) is 0 Å². The van der Waals surface area contributed by atoms with E-state index in [0.717, 1.165) is 0 Å². The maximum atomic E-state index is 12.0. The Labute approximate surface area is 101 Å². The summed E-state index contributed by atoms with van der Waals surface area (Å²) in [6.07, 6.45) is 0.840. The van der Waals surface area contributed by atoms with Crippen LogP contribution in [0.25, 0.3) is 0 Å². The van der Waals surface area contributed by atoms with Gasteiger partial charge < -0.3 is 20.9 Å². The minimum absolute atomic E-state index is 0.181. The van der Waals surface area contributed by atoms with E-state index >= 15 is 0 Å². The lowest BCUT2D eigenvalue weighted by Gasteiger charge is -2.33. The third kappa shape index (κ3) is 3.41. The lowest BCUT2D eigenvalue weighted by atomic mass is 9.89. The molecule has 0 saturated carbocycles. The summed E-state index contributed by atoms with van der Waals surface area (Å²) in [4.78, 5) is 23.0. The first-order valence-electron chi connectivity index (χ1n) is 5.77. The van der Waals surface area contributed by atoms with Gasteiger partial charge in [0.05, 0.1) is 5.54 Å². The zero-order valence-electron chi connectivity index (χ0n) is 10.2. The molecule has 98 valence electrons. The monoisotopic (exact) mass is 244 g/mol. The second-order valence-electron chi connectivity index (χ2n) is 4.80. The van der Waals surface area contributed by atoms with Crippen LogP contribution in [0.15, 0.2) is 0 Å². The van der Waals surface area contributed by atoms with Crippen molar-refractivity contribution < 1.29 is 19.4 Å². The Bertz CT molecular complexity index is 298. The molecule has 0 aromatic carbocycles. The van der Waals surface area contributed by atoms with Crippen molar-refractivity contribution in [2.24, 2.45) is 11.7 Å². The van der Waals surface area contributed by atoms with E-state index in [1.54, 1.807) is 13.8 Å². The summed E-state index contributed by atoms with van der Waals surface area (Å²) in [6.45, 7) is 4.35. The SMILES string of the molecule is CC(C)[C@@H](NC(=O)C1(N)CCOCC1)C(=O)O. The quantitative estimate of drug-likeness (QED) is 0.631. The average Bonchev–Trinajstić information content (AvgIpc) is 2.25. The number of carboxylic acids is 1. The number of aliphatic carboxylic acids is 1. The van der Waals surface area contributed by atoms with Gasteiger partial charge in [-0.05, 0) is 18.8 Å². The Balaban J connectivity index is 2.66. The summed E-state index contributed by atoms with van der Waals surface area (Å²) in [5.74, 6) is -1.62. The van der Waals surface area contributed by atoms with Crippen molar-refractivity contribution in [3.8, 4) is 0 Å². The maximum absolute atomic E-state index is 12.0. The van der Waals surface area contributed by atoms with Gasteiger partial charge >= 0.3 is 5.97 Å². The molecule has 17 heavy (non-hydrogen) atoms. The second kappa shape index (κ2) is 5.46. The minimum atomic E-state index is -1.04. The topological polar surface area (TPSA) is 102 Å². The number of amides is 1. The molecule has 0 aromatic rings. The van der Waals surface area contributed by atoms with Crippen molar-refractivity contribution in [2.45, 2.75) is 38.3 Å². The summed E-state index contributed by atoms with van der Waals surface area (Å²) in [5.41, 5.74) is 4.97. The van der Waals surface area contributed by atoms with Gasteiger partial charge in [-0.3, -0.25) is 4.79 Å². The van der Waals surface area contributed by atoms with E-state index in [1.807, 2.05) is 0 Å². The number of hydrogen-bond donors (Lipinski definition) is 3. The van der Waals surface area contributed by atoms with Crippen LogP contribution in [-0.4, -0.2) is 41.8 Å². The summed E-state index contributed by atoms with van der Waals surface area (Å²) in [7, 11) is 0. The first kappa shape index (κ1) is 13.9. The van der Waals surface area contributed by atoms with Crippen LogP contribution in [-0.2, 0) is 14.3 Å². The van der Waals surface area contributed by atoms with Gasteiger partial charge in [0.25, 0.3) is 0 Å². The Kier molecular flexibility index (Phi) is 4.47. The highest BCUT2D eigenvalue weighted by Gasteiger charge is 2.38. The molecule has 1 saturated heterocycles. The largest absolute Gasteiger partial charge is 0.480 e. The van der Waals surface area contributed by atoms with Gasteiger partial charge in [0.1, 0.15) is 6.04 Å². The van der Waals surface area contributed by atoms with Crippen molar-refractivity contribution >= 4 is 11.9 Å². The second-order valence-corrected chi connectivity index (χ2v) is 4.80. The zero-order valence-corrected chi connectivity index (χ0v) is 10.2. The summed E-state index contributed by atoms with van der Waals surface area (Å²) in [5, 5.41) is 11.5. The predicted octanol–water partition coefficient (Wildman–Crippen LogP) is -0.280. The van der Waals surface area contributed by atoms with Crippen molar-refractivity contribution in [3.05, 3.63) is 0 Å². The van der Waals surface area contributed by atoms with E-state index < -0.39 is 23.5 Å². The molecular formula is C11H20N2O4. The van der Waals surface area contributed by atoms with E-state index in [1.165, 1.54) is 0 Å². The van der Waals surface area contributed by atoms with E-state index in [9.17, 15) is 9.59 Å². The molecule has 0 spiro atoms. The van der Waals surface area contributed by atoms with Gasteiger partial charge in [-0.2, -0.15) is 0 Å². The van der Waals surface area contributed by atoms with Crippen LogP contribution < -0.4 is 11.1 Å². The Morgan fingerprint density at radius 2 is 1.88 bits per heavy atom. The van der Waals surface area contributed by atoms with Crippen LogP contribution >= 0.6 is 0 Å². The number of carbonyl (C=O) groups excluding carboxylic acids is 1. The van der Waals surface area contributed by atoms with Gasteiger partial charge in [0.2, 0.25) is 5.91 Å². The summed E-state index contributed by atoms with van der Waals surface area (Å²) >= 11 is 0. The fraction of sp³-hybridized carbons (Fsp3) is 0.818. The molecule has 0 aliphatic carbocycles. The van der Waals surface area contributed by atoms with E-state index in [0.29, 0.717) is 26.1 Å². The van der Waals surface area contributed by atoms with Crippen LogP contribution in [0, 0.1) is 5.92 Å². The number of hydrogen-bond acceptors (Lipinski definition) is 4. The molecule has 0 unspecified atom stereocenters. The zero-order chi connectivity index (χ0) is 13.1. The lowest BCUT2D eigenvalue weighted by molar-refractivity contribution is -0.144. The van der Waals surface area contributed by atoms with Crippen LogP contribution in [0.3, 0.4) is 0 Å². The van der Waals surface area contributed by atoms with Crippen molar-refractivity contribution in [3.63, 3.8) is 0 Å². The van der Waals surface area contributed by atoms with Crippen LogP contribution in [0.5, 0.6) is 0 Å². The molecule has 6 nitrogen and oxygen atoms in total. The van der Waals surface area contributed by atoms with Gasteiger partial charge in [0, 0.05) is 13.2 Å². The highest BCUT2D eigenvalue weighted by atomic mass is 16.5. The summed E-state index contributed by atoms with van der Waals surface area (Å²) in [6, 6.07) is -0.897. The van der Waals surface area contributed by atoms with Crippen molar-refractivity contribution in [1.82, 2.24) is 5.32 Å². The summed E-state index contributed by atoms with van der Waals surface area (Å²) < 4.78 is 5.14. The van der Waals surface area contributed by atoms with Crippen molar-refractivity contribution in [2.75, 3.05) is 13.2 Å². The smallest absolute Gasteiger partial charge is 0.326 e. The number of carbonyl (C=O) groups is 2. The van der Waals surface area contributed by atoms with E-state index in [-0.39, 0.29) is 5.92 Å². The predicted molar refractivity (Wildman–Crippen MR) is 61.4 cm³/mol. The fourth-order valence-corrected chi connectivity index (χ4v) is 1.76. The number of nitrogens with two attached hydrogens (primary N) is 1. The molecule has 1 aliphatic rings. The first-order chi connectivity index (χ1) is 7.87. The third-order valence-electron chi connectivity index (χ3n) is 3.06. The number of carboxylic acid groups (broad SMARTS) is 1. The molecule has 0 bridgehead atoms. The molecule has 1 rings (SSSR count). The molecular weight excluding hydrogens is 224 g/mol. The Hall–Kier alpha value is -1.14. The van der Waals surface area contributed by atoms with Gasteiger partial charge in [-0.25, -0.2) is 4.79 Å². The first-order valence-corrected chi connectivity index (χ1v) is 5.77. The minimum Gasteiger partial charge on any atom is -0.480 e. The molecule has 0 aromatic heterocycles. The van der Waals surface area contributed by atoms with Gasteiger partial charge in [0.15, 0.2) is 0 Å².